The van der Waals surface area contributed by atoms with Crippen LogP contribution in [0.1, 0.15) is 10.5 Å². The lowest BCUT2D eigenvalue weighted by Crippen LogP contribution is -2.51. The summed E-state index contributed by atoms with van der Waals surface area (Å²) in [5, 5.41) is 1.01. The van der Waals surface area contributed by atoms with Gasteiger partial charge in [0.2, 0.25) is 0 Å². The van der Waals surface area contributed by atoms with E-state index in [9.17, 15) is 9.59 Å². The zero-order chi connectivity index (χ0) is 17.9. The summed E-state index contributed by atoms with van der Waals surface area (Å²) in [6, 6.07) is 18.7. The molecule has 0 radical (unpaired) electrons. The van der Waals surface area contributed by atoms with Crippen LogP contribution in [0.15, 0.2) is 60.7 Å². The van der Waals surface area contributed by atoms with Crippen LogP contribution in [0.3, 0.4) is 0 Å². The Hall–Kier alpha value is -3.28. The number of H-pyrrole nitrogens is 1. The summed E-state index contributed by atoms with van der Waals surface area (Å²) in [4.78, 5) is 31.5. The maximum Gasteiger partial charge on any atom is 0.415 e. The van der Waals surface area contributed by atoms with Crippen LogP contribution < -0.4 is 4.74 Å². The van der Waals surface area contributed by atoms with E-state index in [1.165, 1.54) is 0 Å². The highest BCUT2D eigenvalue weighted by Crippen LogP contribution is 2.17. The number of nitrogens with zero attached hydrogens (tertiary/aromatic N) is 2. The fourth-order valence-electron chi connectivity index (χ4n) is 3.10. The summed E-state index contributed by atoms with van der Waals surface area (Å²) in [5.41, 5.74) is 1.52. The largest absolute Gasteiger partial charge is 0.415 e. The highest BCUT2D eigenvalue weighted by Gasteiger charge is 2.26. The number of carbonyl (C=O) groups excluding carboxylic acids is 2. The van der Waals surface area contributed by atoms with Crippen LogP contribution in [0, 0.1) is 0 Å². The molecule has 1 aliphatic heterocycles. The Morgan fingerprint density at radius 1 is 0.846 bits per heavy atom. The number of piperazine rings is 1. The molecule has 2 heterocycles. The van der Waals surface area contributed by atoms with Crippen molar-refractivity contribution in [3.63, 3.8) is 0 Å². The molecule has 4 rings (SSSR count). The Kier molecular flexibility index (Phi) is 4.31. The van der Waals surface area contributed by atoms with Crippen molar-refractivity contribution < 1.29 is 14.3 Å². The van der Waals surface area contributed by atoms with Crippen molar-refractivity contribution in [2.45, 2.75) is 0 Å². The van der Waals surface area contributed by atoms with Crippen LogP contribution in [0.4, 0.5) is 4.79 Å². The minimum atomic E-state index is -0.381. The van der Waals surface area contributed by atoms with Gasteiger partial charge in [-0.05, 0) is 24.3 Å². The van der Waals surface area contributed by atoms with Crippen molar-refractivity contribution in [3.8, 4) is 5.75 Å². The van der Waals surface area contributed by atoms with Gasteiger partial charge in [-0.2, -0.15) is 0 Å². The van der Waals surface area contributed by atoms with Crippen molar-refractivity contribution in [3.05, 3.63) is 66.4 Å². The molecule has 26 heavy (non-hydrogen) atoms. The number of hydrogen-bond donors (Lipinski definition) is 1. The molecule has 1 N–H and O–H groups in total. The Labute approximate surface area is 151 Å². The molecule has 2 amide bonds. The number of carbonyl (C=O) groups is 2. The smallest absolute Gasteiger partial charge is 0.410 e. The summed E-state index contributed by atoms with van der Waals surface area (Å²) in [7, 11) is 0. The van der Waals surface area contributed by atoms with E-state index in [-0.39, 0.29) is 12.0 Å². The van der Waals surface area contributed by atoms with E-state index in [1.807, 2.05) is 48.5 Å². The summed E-state index contributed by atoms with van der Waals surface area (Å²) in [5.74, 6) is 0.478. The zero-order valence-electron chi connectivity index (χ0n) is 14.2. The molecule has 0 aliphatic carbocycles. The van der Waals surface area contributed by atoms with E-state index >= 15 is 0 Å². The Morgan fingerprint density at radius 3 is 2.23 bits per heavy atom. The van der Waals surface area contributed by atoms with E-state index in [1.54, 1.807) is 21.9 Å². The van der Waals surface area contributed by atoms with Gasteiger partial charge in [0, 0.05) is 37.1 Å². The average molecular weight is 349 g/mol. The molecular formula is C20H19N3O3. The minimum absolute atomic E-state index is 0.0442. The SMILES string of the molecule is O=C(Oc1ccccc1)N1CCN(C(=O)c2cc3ccccc3[nH]2)CC1. The molecule has 0 saturated carbocycles. The number of hydrogen-bond acceptors (Lipinski definition) is 3. The highest BCUT2D eigenvalue weighted by atomic mass is 16.6. The summed E-state index contributed by atoms with van der Waals surface area (Å²) in [6.07, 6.45) is -0.381. The number of rotatable bonds is 2. The average Bonchev–Trinajstić information content (AvgIpc) is 3.12. The van der Waals surface area contributed by atoms with E-state index < -0.39 is 0 Å². The number of para-hydroxylation sites is 2. The molecule has 0 atom stereocenters. The van der Waals surface area contributed by atoms with Gasteiger partial charge in [0.1, 0.15) is 11.4 Å². The molecule has 1 aliphatic rings. The summed E-state index contributed by atoms with van der Waals surface area (Å²) >= 11 is 0. The fraction of sp³-hybridized carbons (Fsp3) is 0.200. The number of aromatic nitrogens is 1. The summed E-state index contributed by atoms with van der Waals surface area (Å²) in [6.45, 7) is 1.88. The van der Waals surface area contributed by atoms with E-state index in [0.717, 1.165) is 10.9 Å². The Bertz CT molecular complexity index is 895. The normalized spacial score (nSPS) is 14.5. The lowest BCUT2D eigenvalue weighted by atomic mass is 10.2. The molecular weight excluding hydrogens is 330 g/mol. The van der Waals surface area contributed by atoms with Crippen molar-refractivity contribution in [1.82, 2.24) is 14.8 Å². The van der Waals surface area contributed by atoms with Gasteiger partial charge in [0.05, 0.1) is 0 Å². The first kappa shape index (κ1) is 16.2. The van der Waals surface area contributed by atoms with Crippen molar-refractivity contribution in [2.75, 3.05) is 26.2 Å². The number of amides is 2. The maximum absolute atomic E-state index is 12.7. The lowest BCUT2D eigenvalue weighted by Gasteiger charge is -2.33. The number of fused-ring (bicyclic) bond motifs is 1. The van der Waals surface area contributed by atoms with Gasteiger partial charge in [-0.15, -0.1) is 0 Å². The first-order valence-corrected chi connectivity index (χ1v) is 8.59. The van der Waals surface area contributed by atoms with Gasteiger partial charge >= 0.3 is 6.09 Å². The number of ether oxygens (including phenoxy) is 1. The molecule has 1 saturated heterocycles. The van der Waals surface area contributed by atoms with E-state index in [4.69, 9.17) is 4.74 Å². The van der Waals surface area contributed by atoms with Crippen LogP contribution in [0.5, 0.6) is 5.75 Å². The second-order valence-corrected chi connectivity index (χ2v) is 6.23. The van der Waals surface area contributed by atoms with Gasteiger partial charge in [0.25, 0.3) is 5.91 Å². The minimum Gasteiger partial charge on any atom is -0.410 e. The Balaban J connectivity index is 1.37. The number of aromatic amines is 1. The quantitative estimate of drug-likeness (QED) is 0.773. The fourth-order valence-corrected chi connectivity index (χ4v) is 3.10. The lowest BCUT2D eigenvalue weighted by molar-refractivity contribution is 0.0629. The topological polar surface area (TPSA) is 65.6 Å². The van der Waals surface area contributed by atoms with Crippen molar-refractivity contribution in [1.29, 1.82) is 0 Å². The third-order valence-electron chi connectivity index (χ3n) is 4.53. The van der Waals surface area contributed by atoms with Crippen LogP contribution in [0.2, 0.25) is 0 Å². The molecule has 132 valence electrons. The number of benzene rings is 2. The second kappa shape index (κ2) is 6.92. The third kappa shape index (κ3) is 3.26. The van der Waals surface area contributed by atoms with Gasteiger partial charge in [-0.1, -0.05) is 36.4 Å². The van der Waals surface area contributed by atoms with Crippen molar-refractivity contribution in [2.24, 2.45) is 0 Å². The van der Waals surface area contributed by atoms with E-state index in [2.05, 4.69) is 4.98 Å². The standard InChI is InChI=1S/C20H19N3O3/c24-19(18-14-15-6-4-5-9-17(15)21-18)22-10-12-23(13-11-22)20(25)26-16-7-2-1-3-8-16/h1-9,14,21H,10-13H2. The van der Waals surface area contributed by atoms with Gasteiger partial charge < -0.3 is 19.5 Å². The van der Waals surface area contributed by atoms with Gasteiger partial charge in [-0.25, -0.2) is 4.79 Å². The molecule has 0 bridgehead atoms. The number of nitrogens with one attached hydrogen (secondary N) is 1. The molecule has 0 unspecified atom stereocenters. The van der Waals surface area contributed by atoms with Crippen LogP contribution >= 0.6 is 0 Å². The molecule has 0 spiro atoms. The molecule has 1 aromatic heterocycles. The van der Waals surface area contributed by atoms with Crippen molar-refractivity contribution >= 4 is 22.9 Å². The molecule has 6 nitrogen and oxygen atoms in total. The zero-order valence-corrected chi connectivity index (χ0v) is 14.2. The molecule has 3 aromatic rings. The second-order valence-electron chi connectivity index (χ2n) is 6.23. The van der Waals surface area contributed by atoms with E-state index in [0.29, 0.717) is 37.6 Å². The predicted octanol–water partition coefficient (Wildman–Crippen LogP) is 3.12. The summed E-state index contributed by atoms with van der Waals surface area (Å²) < 4.78 is 5.35. The van der Waals surface area contributed by atoms with Gasteiger partial charge in [0.15, 0.2) is 0 Å². The van der Waals surface area contributed by atoms with Crippen LogP contribution in [-0.2, 0) is 0 Å². The highest BCUT2D eigenvalue weighted by molar-refractivity contribution is 5.98. The third-order valence-corrected chi connectivity index (χ3v) is 4.53. The first-order valence-electron chi connectivity index (χ1n) is 8.59. The monoisotopic (exact) mass is 349 g/mol. The Morgan fingerprint density at radius 2 is 1.50 bits per heavy atom. The van der Waals surface area contributed by atoms with Gasteiger partial charge in [-0.3, -0.25) is 4.79 Å². The predicted molar refractivity (Wildman–Crippen MR) is 98.2 cm³/mol. The first-order chi connectivity index (χ1) is 12.7. The van der Waals surface area contributed by atoms with Crippen LogP contribution in [0.25, 0.3) is 10.9 Å². The molecule has 2 aromatic carbocycles. The maximum atomic E-state index is 12.7. The van der Waals surface area contributed by atoms with Crippen LogP contribution in [-0.4, -0.2) is 53.0 Å². The molecule has 1 fully saturated rings. The molecule has 6 heteroatoms.